The van der Waals surface area contributed by atoms with Crippen molar-refractivity contribution in [2.45, 2.75) is 24.7 Å². The van der Waals surface area contributed by atoms with E-state index in [9.17, 15) is 0 Å². The molecule has 2 aromatic heterocycles. The Balaban J connectivity index is 1.68. The van der Waals surface area contributed by atoms with Crippen molar-refractivity contribution >= 4 is 11.8 Å². The molecule has 1 aliphatic rings. The van der Waals surface area contributed by atoms with Crippen LogP contribution in [-0.2, 0) is 19.5 Å². The quantitative estimate of drug-likeness (QED) is 0.637. The Morgan fingerprint density at radius 1 is 1.29 bits per heavy atom. The largest absolute Gasteiger partial charge is 0.481 e. The molecule has 0 bridgehead atoms. The van der Waals surface area contributed by atoms with Crippen LogP contribution in [0.3, 0.4) is 0 Å². The molecule has 0 aliphatic carbocycles. The average molecular weight is 302 g/mol. The topological polar surface area (TPSA) is 51.1 Å². The molecule has 0 spiro atoms. The maximum absolute atomic E-state index is 5.08. The van der Waals surface area contributed by atoms with Crippen LogP contribution in [0.4, 0.5) is 0 Å². The molecular weight excluding hydrogens is 284 g/mol. The van der Waals surface area contributed by atoms with E-state index < -0.39 is 0 Å². The summed E-state index contributed by atoms with van der Waals surface area (Å²) >= 11 is 1.59. The zero-order chi connectivity index (χ0) is 14.7. The number of ether oxygens (including phenoxy) is 1. The maximum Gasteiger partial charge on any atom is 0.212 e. The zero-order valence-electron chi connectivity index (χ0n) is 12.2. The first kappa shape index (κ1) is 14.3. The van der Waals surface area contributed by atoms with Crippen molar-refractivity contribution in [1.82, 2.24) is 19.9 Å². The number of hydrogen-bond acceptors (Lipinski definition) is 6. The fourth-order valence-electron chi connectivity index (χ4n) is 2.47. The Kier molecular flexibility index (Phi) is 4.36. The molecule has 0 saturated carbocycles. The Morgan fingerprint density at radius 2 is 2.19 bits per heavy atom. The molecule has 2 aromatic rings. The molecule has 0 aromatic carbocycles. The highest BCUT2D eigenvalue weighted by Gasteiger charge is 2.18. The van der Waals surface area contributed by atoms with Gasteiger partial charge in [-0.15, -0.1) is 0 Å². The summed E-state index contributed by atoms with van der Waals surface area (Å²) in [6.45, 7) is 2.81. The molecule has 0 atom stereocenters. The monoisotopic (exact) mass is 302 g/mol. The van der Waals surface area contributed by atoms with E-state index in [0.717, 1.165) is 31.2 Å². The number of rotatable bonds is 4. The summed E-state index contributed by atoms with van der Waals surface area (Å²) < 4.78 is 5.08. The van der Waals surface area contributed by atoms with Crippen LogP contribution in [0.5, 0.6) is 5.88 Å². The van der Waals surface area contributed by atoms with Crippen molar-refractivity contribution in [2.75, 3.05) is 19.9 Å². The Hall–Kier alpha value is -1.66. The first-order chi connectivity index (χ1) is 10.3. The first-order valence-electron chi connectivity index (χ1n) is 6.88. The molecule has 0 amide bonds. The molecule has 5 nitrogen and oxygen atoms in total. The summed E-state index contributed by atoms with van der Waals surface area (Å²) in [6, 6.07) is 3.97. The average Bonchev–Trinajstić information content (AvgIpc) is 2.55. The van der Waals surface area contributed by atoms with Crippen LogP contribution in [0.1, 0.15) is 16.8 Å². The van der Waals surface area contributed by atoms with Crippen LogP contribution in [0.25, 0.3) is 0 Å². The molecule has 0 unspecified atom stereocenters. The van der Waals surface area contributed by atoms with Crippen molar-refractivity contribution < 1.29 is 4.74 Å². The number of hydrogen-bond donors (Lipinski definition) is 0. The molecular formula is C15H18N4OS. The van der Waals surface area contributed by atoms with Crippen molar-refractivity contribution in [3.05, 3.63) is 41.3 Å². The predicted molar refractivity (Wildman–Crippen MR) is 82.4 cm³/mol. The van der Waals surface area contributed by atoms with Gasteiger partial charge >= 0.3 is 0 Å². The molecule has 0 saturated heterocycles. The van der Waals surface area contributed by atoms with Crippen molar-refractivity contribution in [3.8, 4) is 5.88 Å². The highest BCUT2D eigenvalue weighted by molar-refractivity contribution is 7.98. The summed E-state index contributed by atoms with van der Waals surface area (Å²) in [4.78, 5) is 15.6. The highest BCUT2D eigenvalue weighted by Crippen LogP contribution is 2.20. The van der Waals surface area contributed by atoms with Crippen LogP contribution in [0.2, 0.25) is 0 Å². The van der Waals surface area contributed by atoms with Gasteiger partial charge in [-0.2, -0.15) is 0 Å². The van der Waals surface area contributed by atoms with E-state index in [-0.39, 0.29) is 0 Å². The molecule has 3 heterocycles. The van der Waals surface area contributed by atoms with E-state index in [2.05, 4.69) is 25.9 Å². The van der Waals surface area contributed by atoms with E-state index in [0.29, 0.717) is 5.88 Å². The van der Waals surface area contributed by atoms with Gasteiger partial charge in [-0.1, -0.05) is 17.8 Å². The lowest BCUT2D eigenvalue weighted by Crippen LogP contribution is -2.31. The summed E-state index contributed by atoms with van der Waals surface area (Å²) in [5.41, 5.74) is 3.62. The summed E-state index contributed by atoms with van der Waals surface area (Å²) in [5.74, 6) is 0.653. The van der Waals surface area contributed by atoms with Crippen LogP contribution in [-0.4, -0.2) is 39.8 Å². The normalized spacial score (nSPS) is 14.8. The van der Waals surface area contributed by atoms with Gasteiger partial charge in [0.1, 0.15) is 0 Å². The number of methoxy groups -OCH3 is 1. The number of aromatic nitrogens is 3. The third-order valence-corrected chi connectivity index (χ3v) is 4.15. The standard InChI is InChI=1S/C15H18N4OS/c1-20-14-4-3-11(7-16-14)9-19-6-5-13-12(10-19)8-17-15(18-13)21-2/h3-4,7-8H,5-6,9-10H2,1-2H3. The minimum absolute atomic E-state index is 0.653. The van der Waals surface area contributed by atoms with Gasteiger partial charge in [-0.3, -0.25) is 4.90 Å². The Morgan fingerprint density at radius 3 is 2.90 bits per heavy atom. The fourth-order valence-corrected chi connectivity index (χ4v) is 2.83. The fraction of sp³-hybridized carbons (Fsp3) is 0.400. The van der Waals surface area contributed by atoms with Crippen LogP contribution >= 0.6 is 11.8 Å². The molecule has 0 radical (unpaired) electrons. The minimum atomic E-state index is 0.653. The molecule has 1 aliphatic heterocycles. The number of nitrogens with zero attached hydrogens (tertiary/aromatic N) is 4. The lowest BCUT2D eigenvalue weighted by molar-refractivity contribution is 0.241. The predicted octanol–water partition coefficient (Wildman–Crippen LogP) is 2.16. The second-order valence-electron chi connectivity index (χ2n) is 5.00. The molecule has 0 fully saturated rings. The smallest absolute Gasteiger partial charge is 0.212 e. The lowest BCUT2D eigenvalue weighted by Gasteiger charge is -2.27. The molecule has 3 rings (SSSR count). The van der Waals surface area contributed by atoms with E-state index in [1.165, 1.54) is 16.8 Å². The first-order valence-corrected chi connectivity index (χ1v) is 8.11. The summed E-state index contributed by atoms with van der Waals surface area (Å²) in [5, 5.41) is 0.863. The van der Waals surface area contributed by atoms with Gasteiger partial charge in [-0.05, 0) is 11.8 Å². The number of pyridine rings is 1. The van der Waals surface area contributed by atoms with Gasteiger partial charge in [0.05, 0.1) is 12.8 Å². The van der Waals surface area contributed by atoms with Gasteiger partial charge in [0.15, 0.2) is 5.16 Å². The van der Waals surface area contributed by atoms with Gasteiger partial charge in [0.25, 0.3) is 0 Å². The van der Waals surface area contributed by atoms with Gasteiger partial charge < -0.3 is 4.74 Å². The van der Waals surface area contributed by atoms with Gasteiger partial charge in [0.2, 0.25) is 5.88 Å². The van der Waals surface area contributed by atoms with Gasteiger partial charge in [0, 0.05) is 50.1 Å². The van der Waals surface area contributed by atoms with Crippen LogP contribution in [0, 0.1) is 0 Å². The highest BCUT2D eigenvalue weighted by atomic mass is 32.2. The second-order valence-corrected chi connectivity index (χ2v) is 5.77. The molecule has 6 heteroatoms. The third-order valence-electron chi connectivity index (χ3n) is 3.59. The second kappa shape index (κ2) is 6.41. The van der Waals surface area contributed by atoms with Crippen molar-refractivity contribution in [2.24, 2.45) is 0 Å². The van der Waals surface area contributed by atoms with E-state index in [1.807, 2.05) is 24.7 Å². The van der Waals surface area contributed by atoms with Crippen LogP contribution in [0.15, 0.2) is 29.7 Å². The van der Waals surface area contributed by atoms with E-state index >= 15 is 0 Å². The van der Waals surface area contributed by atoms with E-state index in [1.54, 1.807) is 18.9 Å². The third kappa shape index (κ3) is 3.33. The lowest BCUT2D eigenvalue weighted by atomic mass is 10.1. The number of fused-ring (bicyclic) bond motifs is 1. The van der Waals surface area contributed by atoms with E-state index in [4.69, 9.17) is 4.74 Å². The van der Waals surface area contributed by atoms with Crippen molar-refractivity contribution in [1.29, 1.82) is 0 Å². The zero-order valence-corrected chi connectivity index (χ0v) is 13.1. The number of thioether (sulfide) groups is 1. The van der Waals surface area contributed by atoms with Crippen LogP contribution < -0.4 is 4.74 Å². The van der Waals surface area contributed by atoms with Crippen molar-refractivity contribution in [3.63, 3.8) is 0 Å². The summed E-state index contributed by atoms with van der Waals surface area (Å²) in [7, 11) is 1.63. The molecule has 110 valence electrons. The molecule has 0 N–H and O–H groups in total. The minimum Gasteiger partial charge on any atom is -0.481 e. The maximum atomic E-state index is 5.08. The Bertz CT molecular complexity index is 618. The summed E-state index contributed by atoms with van der Waals surface area (Å²) in [6.07, 6.45) is 6.83. The Labute approximate surface area is 128 Å². The van der Waals surface area contributed by atoms with Gasteiger partial charge in [-0.25, -0.2) is 15.0 Å². The molecule has 21 heavy (non-hydrogen) atoms. The SMILES string of the molecule is COc1ccc(CN2CCc3nc(SC)ncc3C2)cn1.